The molecule has 1 aromatic carbocycles. The first-order valence-corrected chi connectivity index (χ1v) is 13.0. The number of aromatic hydroxyl groups is 1. The number of carbonyl (C=O) groups is 2. The van der Waals surface area contributed by atoms with Crippen LogP contribution in [0.25, 0.3) is 16.9 Å². The molecule has 12 heteroatoms. The monoisotopic (exact) mass is 536 g/mol. The van der Waals surface area contributed by atoms with E-state index in [0.29, 0.717) is 50.8 Å². The van der Waals surface area contributed by atoms with Gasteiger partial charge in [-0.1, -0.05) is 18.2 Å². The van der Waals surface area contributed by atoms with E-state index in [0.717, 1.165) is 30.0 Å². The molecule has 1 saturated heterocycles. The highest BCUT2D eigenvalue weighted by atomic mass is 16.5. The highest BCUT2D eigenvalue weighted by Gasteiger charge is 2.20. The zero-order chi connectivity index (χ0) is 27.6. The zero-order valence-corrected chi connectivity index (χ0v) is 22.4. The molecule has 3 heterocycles. The molecule has 0 saturated carbocycles. The lowest BCUT2D eigenvalue weighted by atomic mass is 10.2. The number of amides is 2. The van der Waals surface area contributed by atoms with Gasteiger partial charge in [0.1, 0.15) is 11.3 Å². The number of carbonyl (C=O) groups excluding carboxylic acids is 2. The van der Waals surface area contributed by atoms with Crippen molar-refractivity contribution in [3.63, 3.8) is 0 Å². The SMILES string of the molecule is CN(C)C/C=C/C(=O)NCC(=O)NCCNCc1cc2c(N3CCOCC3)nc(-c3ccccc3O)nn2c1. The lowest BCUT2D eigenvalue weighted by molar-refractivity contribution is -0.123. The highest BCUT2D eigenvalue weighted by Crippen LogP contribution is 2.30. The molecule has 2 amide bonds. The number of aromatic nitrogens is 3. The number of nitrogens with one attached hydrogen (secondary N) is 3. The predicted molar refractivity (Wildman–Crippen MR) is 149 cm³/mol. The van der Waals surface area contributed by atoms with Crippen molar-refractivity contribution in [3.8, 4) is 17.1 Å². The number of nitrogens with zero attached hydrogens (tertiary/aromatic N) is 5. The standard InChI is InChI=1S/C27H36N8O4/c1-33(2)11-5-8-24(37)30-18-25(38)29-10-9-28-17-20-16-22-27(34-12-14-39-15-13-34)31-26(32-35(22)19-20)21-6-3-4-7-23(21)36/h3-8,16,19,28,36H,9-15,17-18H2,1-2H3,(H,29,38)(H,30,37)/b8-5+. The Balaban J connectivity index is 1.33. The molecule has 0 spiro atoms. The second kappa shape index (κ2) is 13.7. The molecule has 4 N–H and O–H groups in total. The smallest absolute Gasteiger partial charge is 0.244 e. The lowest BCUT2D eigenvalue weighted by Crippen LogP contribution is -2.39. The molecule has 1 fully saturated rings. The molecule has 0 aliphatic carbocycles. The number of fused-ring (bicyclic) bond motifs is 1. The van der Waals surface area contributed by atoms with Crippen LogP contribution in [0.5, 0.6) is 5.75 Å². The zero-order valence-electron chi connectivity index (χ0n) is 22.4. The topological polar surface area (TPSA) is 136 Å². The van der Waals surface area contributed by atoms with Crippen LogP contribution in [0, 0.1) is 0 Å². The molecule has 39 heavy (non-hydrogen) atoms. The van der Waals surface area contributed by atoms with Crippen LogP contribution in [0.15, 0.2) is 48.7 Å². The van der Waals surface area contributed by atoms with Gasteiger partial charge in [0.25, 0.3) is 0 Å². The molecule has 0 unspecified atom stereocenters. The molecule has 1 aliphatic rings. The number of phenols is 1. The van der Waals surface area contributed by atoms with Gasteiger partial charge in [-0.05, 0) is 37.9 Å². The highest BCUT2D eigenvalue weighted by molar-refractivity contribution is 5.91. The maximum Gasteiger partial charge on any atom is 0.244 e. The fraction of sp³-hybridized carbons (Fsp3) is 0.407. The summed E-state index contributed by atoms with van der Waals surface area (Å²) in [4.78, 5) is 32.7. The number of ether oxygens (including phenoxy) is 1. The van der Waals surface area contributed by atoms with Gasteiger partial charge in [0.2, 0.25) is 11.8 Å². The third-order valence-corrected chi connectivity index (χ3v) is 6.07. The fourth-order valence-corrected chi connectivity index (χ4v) is 4.10. The number of morpholine rings is 1. The number of benzene rings is 1. The number of likely N-dealkylation sites (N-methyl/N-ethyl adjacent to an activating group) is 1. The van der Waals surface area contributed by atoms with Crippen molar-refractivity contribution in [3.05, 3.63) is 54.2 Å². The molecule has 2 aromatic heterocycles. The van der Waals surface area contributed by atoms with Crippen molar-refractivity contribution in [2.24, 2.45) is 0 Å². The molecule has 3 aromatic rings. The number of phenolic OH excluding ortho intramolecular Hbond substituents is 1. The summed E-state index contributed by atoms with van der Waals surface area (Å²) < 4.78 is 7.32. The van der Waals surface area contributed by atoms with Gasteiger partial charge in [0.15, 0.2) is 11.6 Å². The maximum absolute atomic E-state index is 12.0. The van der Waals surface area contributed by atoms with Crippen molar-refractivity contribution < 1.29 is 19.4 Å². The molecule has 4 rings (SSSR count). The van der Waals surface area contributed by atoms with Crippen LogP contribution < -0.4 is 20.9 Å². The van der Waals surface area contributed by atoms with E-state index in [4.69, 9.17) is 9.72 Å². The first-order chi connectivity index (χ1) is 18.9. The Kier molecular flexibility index (Phi) is 9.84. The van der Waals surface area contributed by atoms with Crippen molar-refractivity contribution in [1.29, 1.82) is 0 Å². The van der Waals surface area contributed by atoms with Gasteiger partial charge in [-0.3, -0.25) is 9.59 Å². The van der Waals surface area contributed by atoms with Crippen LogP contribution in [0.2, 0.25) is 0 Å². The summed E-state index contributed by atoms with van der Waals surface area (Å²) in [7, 11) is 3.82. The third-order valence-electron chi connectivity index (χ3n) is 6.07. The molecule has 0 radical (unpaired) electrons. The van der Waals surface area contributed by atoms with Crippen LogP contribution in [-0.4, -0.2) is 103 Å². The van der Waals surface area contributed by atoms with E-state index in [1.165, 1.54) is 6.08 Å². The summed E-state index contributed by atoms with van der Waals surface area (Å²) in [6.45, 7) is 4.82. The minimum atomic E-state index is -0.295. The fourth-order valence-electron chi connectivity index (χ4n) is 4.10. The van der Waals surface area contributed by atoms with Crippen molar-refractivity contribution in [2.75, 3.05) is 71.5 Å². The van der Waals surface area contributed by atoms with E-state index in [9.17, 15) is 14.7 Å². The van der Waals surface area contributed by atoms with E-state index in [-0.39, 0.29) is 24.1 Å². The Morgan fingerprint density at radius 3 is 2.72 bits per heavy atom. The third kappa shape index (κ3) is 7.99. The Labute approximate surface area is 227 Å². The van der Waals surface area contributed by atoms with Crippen LogP contribution in [-0.2, 0) is 20.9 Å². The minimum Gasteiger partial charge on any atom is -0.507 e. The Morgan fingerprint density at radius 2 is 1.95 bits per heavy atom. The number of rotatable bonds is 12. The summed E-state index contributed by atoms with van der Waals surface area (Å²) in [5.41, 5.74) is 2.45. The maximum atomic E-state index is 12.0. The molecule has 0 atom stereocenters. The van der Waals surface area contributed by atoms with Crippen LogP contribution >= 0.6 is 0 Å². The molecule has 12 nitrogen and oxygen atoms in total. The number of hydrogen-bond donors (Lipinski definition) is 4. The van der Waals surface area contributed by atoms with Gasteiger partial charge in [-0.15, -0.1) is 5.10 Å². The first kappa shape index (κ1) is 28.0. The van der Waals surface area contributed by atoms with Gasteiger partial charge in [0.05, 0.1) is 25.3 Å². The van der Waals surface area contributed by atoms with Gasteiger partial charge < -0.3 is 35.6 Å². The molecular formula is C27H36N8O4. The summed E-state index contributed by atoms with van der Waals surface area (Å²) in [5, 5.41) is 23.7. The van der Waals surface area contributed by atoms with Gasteiger partial charge in [-0.2, -0.15) is 0 Å². The Morgan fingerprint density at radius 1 is 1.15 bits per heavy atom. The average molecular weight is 537 g/mol. The van der Waals surface area contributed by atoms with Gasteiger partial charge in [0, 0.05) is 51.5 Å². The normalized spacial score (nSPS) is 13.9. The van der Waals surface area contributed by atoms with Gasteiger partial charge >= 0.3 is 0 Å². The van der Waals surface area contributed by atoms with Crippen molar-refractivity contribution >= 4 is 23.1 Å². The van der Waals surface area contributed by atoms with Crippen LogP contribution in [0.1, 0.15) is 5.56 Å². The van der Waals surface area contributed by atoms with Crippen molar-refractivity contribution in [2.45, 2.75) is 6.54 Å². The van der Waals surface area contributed by atoms with E-state index >= 15 is 0 Å². The number of anilines is 1. The summed E-state index contributed by atoms with van der Waals surface area (Å²) in [5.74, 6) is 0.823. The van der Waals surface area contributed by atoms with E-state index in [1.54, 1.807) is 28.8 Å². The lowest BCUT2D eigenvalue weighted by Gasteiger charge is -2.28. The summed E-state index contributed by atoms with van der Waals surface area (Å²) in [6.07, 6.45) is 5.11. The summed E-state index contributed by atoms with van der Waals surface area (Å²) in [6, 6.07) is 9.08. The minimum absolute atomic E-state index is 0.0711. The average Bonchev–Trinajstić information content (AvgIpc) is 3.34. The quantitative estimate of drug-likeness (QED) is 0.191. The second-order valence-electron chi connectivity index (χ2n) is 9.46. The molecule has 0 bridgehead atoms. The molecule has 1 aliphatic heterocycles. The Hall–Kier alpha value is -4.00. The number of hydrogen-bond acceptors (Lipinski definition) is 9. The van der Waals surface area contributed by atoms with Crippen molar-refractivity contribution in [1.82, 2.24) is 35.4 Å². The summed E-state index contributed by atoms with van der Waals surface area (Å²) >= 11 is 0. The largest absolute Gasteiger partial charge is 0.507 e. The van der Waals surface area contributed by atoms with E-state index in [2.05, 4.69) is 25.9 Å². The second-order valence-corrected chi connectivity index (χ2v) is 9.46. The molecule has 208 valence electrons. The van der Waals surface area contributed by atoms with E-state index < -0.39 is 0 Å². The van der Waals surface area contributed by atoms with Crippen LogP contribution in [0.3, 0.4) is 0 Å². The van der Waals surface area contributed by atoms with E-state index in [1.807, 2.05) is 37.3 Å². The number of para-hydroxylation sites is 1. The molecular weight excluding hydrogens is 500 g/mol. The predicted octanol–water partition coefficient (Wildman–Crippen LogP) is 0.378. The van der Waals surface area contributed by atoms with Crippen LogP contribution in [0.4, 0.5) is 5.82 Å². The Bertz CT molecular complexity index is 1300. The van der Waals surface area contributed by atoms with Gasteiger partial charge in [-0.25, -0.2) is 9.50 Å². The first-order valence-electron chi connectivity index (χ1n) is 13.0.